The van der Waals surface area contributed by atoms with E-state index in [4.69, 9.17) is 11.6 Å². The lowest BCUT2D eigenvalue weighted by molar-refractivity contribution is -0.143. The van der Waals surface area contributed by atoms with E-state index in [9.17, 15) is 26.7 Å². The molecule has 0 aliphatic rings. The molecular weight excluding hydrogens is 347 g/mol. The topological polar surface area (TPSA) is 44.1 Å². The second-order valence-corrected chi connectivity index (χ2v) is 4.61. The van der Waals surface area contributed by atoms with E-state index in [0.29, 0.717) is 12.3 Å². The van der Waals surface area contributed by atoms with Crippen LogP contribution in [0.15, 0.2) is 18.3 Å². The molecule has 0 saturated heterocycles. The Labute approximate surface area is 131 Å². The third-order valence-corrected chi connectivity index (χ3v) is 3.14. The van der Waals surface area contributed by atoms with Crippen molar-refractivity contribution in [3.63, 3.8) is 0 Å². The molecule has 0 fully saturated rings. The number of alkyl halides is 3. The number of hydrogen-bond donors (Lipinski definition) is 0. The van der Waals surface area contributed by atoms with Crippen molar-refractivity contribution >= 4 is 17.6 Å². The normalized spacial score (nSPS) is 11.6. The van der Waals surface area contributed by atoms with Crippen molar-refractivity contribution in [2.24, 2.45) is 0 Å². The van der Waals surface area contributed by atoms with Crippen LogP contribution < -0.4 is 0 Å². The highest BCUT2D eigenvalue weighted by molar-refractivity contribution is 6.32. The van der Waals surface area contributed by atoms with Gasteiger partial charge in [-0.2, -0.15) is 18.3 Å². The van der Waals surface area contributed by atoms with Gasteiger partial charge in [0.2, 0.25) is 0 Å². The summed E-state index contributed by atoms with van der Waals surface area (Å²) in [6, 6.07) is 1.42. The van der Waals surface area contributed by atoms with Gasteiger partial charge in [0.25, 0.3) is 0 Å². The van der Waals surface area contributed by atoms with Crippen LogP contribution in [0, 0.1) is 11.6 Å². The summed E-state index contributed by atoms with van der Waals surface area (Å²) in [6.45, 7) is 1.27. The molecule has 2 rings (SSSR count). The zero-order valence-corrected chi connectivity index (χ0v) is 12.2. The Morgan fingerprint density at radius 2 is 2.00 bits per heavy atom. The first-order valence-corrected chi connectivity index (χ1v) is 6.52. The molecule has 0 bridgehead atoms. The number of esters is 1. The van der Waals surface area contributed by atoms with Gasteiger partial charge in [-0.05, 0) is 19.1 Å². The van der Waals surface area contributed by atoms with Crippen LogP contribution in [0.5, 0.6) is 0 Å². The number of benzene rings is 1. The molecule has 0 radical (unpaired) electrons. The molecule has 2 aromatic rings. The van der Waals surface area contributed by atoms with Crippen molar-refractivity contribution in [1.29, 1.82) is 0 Å². The predicted octanol–water partition coefficient (Wildman–Crippen LogP) is 4.00. The van der Waals surface area contributed by atoms with Gasteiger partial charge in [-0.3, -0.25) is 0 Å². The van der Waals surface area contributed by atoms with Crippen LogP contribution in [0.1, 0.15) is 23.0 Å². The summed E-state index contributed by atoms with van der Waals surface area (Å²) < 4.78 is 71.1. The van der Waals surface area contributed by atoms with Crippen molar-refractivity contribution < 1.29 is 31.5 Å². The highest BCUT2D eigenvalue weighted by Crippen LogP contribution is 2.36. The molecule has 1 heterocycles. The Hall–Kier alpha value is -2.16. The molecule has 23 heavy (non-hydrogen) atoms. The number of rotatable bonds is 3. The van der Waals surface area contributed by atoms with Gasteiger partial charge in [-0.25, -0.2) is 18.3 Å². The van der Waals surface area contributed by atoms with E-state index in [1.165, 1.54) is 6.92 Å². The van der Waals surface area contributed by atoms with E-state index in [2.05, 4.69) is 9.84 Å². The van der Waals surface area contributed by atoms with Gasteiger partial charge < -0.3 is 4.74 Å². The lowest BCUT2D eigenvalue weighted by Crippen LogP contribution is -2.19. The smallest absolute Gasteiger partial charge is 0.434 e. The SMILES string of the molecule is CCOC(=O)c1cnn(-c2ccc(F)c(F)c2Cl)c1C(F)(F)F. The minimum Gasteiger partial charge on any atom is -0.462 e. The number of halogens is 6. The summed E-state index contributed by atoms with van der Waals surface area (Å²) >= 11 is 5.55. The van der Waals surface area contributed by atoms with E-state index in [1.54, 1.807) is 0 Å². The van der Waals surface area contributed by atoms with Gasteiger partial charge in [0.15, 0.2) is 17.3 Å². The quantitative estimate of drug-likeness (QED) is 0.475. The molecule has 0 spiro atoms. The minimum absolute atomic E-state index is 0.146. The average Bonchev–Trinajstić information content (AvgIpc) is 2.90. The summed E-state index contributed by atoms with van der Waals surface area (Å²) in [6.07, 6.45) is -4.38. The Balaban J connectivity index is 2.70. The molecule has 124 valence electrons. The van der Waals surface area contributed by atoms with Crippen molar-refractivity contribution in [3.8, 4) is 5.69 Å². The van der Waals surface area contributed by atoms with Crippen LogP contribution in [0.4, 0.5) is 22.0 Å². The number of ether oxygens (including phenoxy) is 1. The van der Waals surface area contributed by atoms with E-state index in [1.807, 2.05) is 0 Å². The van der Waals surface area contributed by atoms with Crippen LogP contribution in [-0.4, -0.2) is 22.4 Å². The lowest BCUT2D eigenvalue weighted by atomic mass is 10.2. The van der Waals surface area contributed by atoms with E-state index in [0.717, 1.165) is 6.07 Å². The first-order valence-electron chi connectivity index (χ1n) is 6.14. The molecule has 1 aromatic carbocycles. The highest BCUT2D eigenvalue weighted by Gasteiger charge is 2.41. The molecule has 0 aliphatic heterocycles. The van der Waals surface area contributed by atoms with Crippen LogP contribution in [0.3, 0.4) is 0 Å². The maximum absolute atomic E-state index is 13.5. The van der Waals surface area contributed by atoms with Gasteiger partial charge in [0.05, 0.1) is 18.5 Å². The average molecular weight is 355 g/mol. The van der Waals surface area contributed by atoms with Gasteiger partial charge in [-0.1, -0.05) is 11.6 Å². The summed E-state index contributed by atoms with van der Waals surface area (Å²) in [5.41, 5.74) is -2.92. The summed E-state index contributed by atoms with van der Waals surface area (Å²) in [5, 5.41) is 2.52. The van der Waals surface area contributed by atoms with Gasteiger partial charge in [-0.15, -0.1) is 0 Å². The van der Waals surface area contributed by atoms with Gasteiger partial charge >= 0.3 is 12.1 Å². The number of aromatic nitrogens is 2. The first-order chi connectivity index (χ1) is 10.7. The summed E-state index contributed by atoms with van der Waals surface area (Å²) in [7, 11) is 0. The second-order valence-electron chi connectivity index (χ2n) is 4.23. The highest BCUT2D eigenvalue weighted by atomic mass is 35.5. The maximum atomic E-state index is 13.5. The molecule has 1 aromatic heterocycles. The summed E-state index contributed by atoms with van der Waals surface area (Å²) in [5.74, 6) is -4.10. The number of hydrogen-bond acceptors (Lipinski definition) is 3. The van der Waals surface area contributed by atoms with E-state index < -0.39 is 45.7 Å². The van der Waals surface area contributed by atoms with Crippen molar-refractivity contribution in [2.75, 3.05) is 6.61 Å². The second kappa shape index (κ2) is 6.15. The molecular formula is C13H8ClF5N2O2. The minimum atomic E-state index is -5.01. The maximum Gasteiger partial charge on any atom is 0.434 e. The molecule has 0 saturated carbocycles. The fraction of sp³-hybridized carbons (Fsp3) is 0.231. The molecule has 0 amide bonds. The Morgan fingerprint density at radius 1 is 1.35 bits per heavy atom. The molecule has 0 unspecified atom stereocenters. The van der Waals surface area contributed by atoms with Crippen molar-refractivity contribution in [1.82, 2.24) is 9.78 Å². The number of carbonyl (C=O) groups is 1. The van der Waals surface area contributed by atoms with Gasteiger partial charge in [0.1, 0.15) is 10.6 Å². The van der Waals surface area contributed by atoms with Crippen molar-refractivity contribution in [3.05, 3.63) is 46.2 Å². The third-order valence-electron chi connectivity index (χ3n) is 2.78. The molecule has 0 aliphatic carbocycles. The van der Waals surface area contributed by atoms with Gasteiger partial charge in [0, 0.05) is 0 Å². The van der Waals surface area contributed by atoms with Crippen LogP contribution in [0.25, 0.3) is 5.69 Å². The monoisotopic (exact) mass is 354 g/mol. The largest absolute Gasteiger partial charge is 0.462 e. The molecule has 0 N–H and O–H groups in total. The van der Waals surface area contributed by atoms with Crippen LogP contribution in [-0.2, 0) is 10.9 Å². The molecule has 10 heteroatoms. The first kappa shape index (κ1) is 17.2. The summed E-state index contributed by atoms with van der Waals surface area (Å²) in [4.78, 5) is 11.6. The third kappa shape index (κ3) is 3.14. The Morgan fingerprint density at radius 3 is 2.57 bits per heavy atom. The standard InChI is InChI=1S/C13H8ClF5N2O2/c1-2-23-12(22)6-5-20-21(11(6)13(17,18)19)8-4-3-7(15)10(16)9(8)14/h3-5H,2H2,1H3. The molecule has 4 nitrogen and oxygen atoms in total. The Kier molecular flexibility index (Phi) is 4.60. The van der Waals surface area contributed by atoms with Crippen molar-refractivity contribution in [2.45, 2.75) is 13.1 Å². The predicted molar refractivity (Wildman–Crippen MR) is 69.4 cm³/mol. The zero-order chi connectivity index (χ0) is 17.4. The fourth-order valence-corrected chi connectivity index (χ4v) is 2.07. The number of nitrogens with zero attached hydrogens (tertiary/aromatic N) is 2. The zero-order valence-electron chi connectivity index (χ0n) is 11.4. The van der Waals surface area contributed by atoms with Crippen LogP contribution in [0.2, 0.25) is 5.02 Å². The lowest BCUT2D eigenvalue weighted by Gasteiger charge is -2.13. The number of carbonyl (C=O) groups excluding carboxylic acids is 1. The molecule has 0 atom stereocenters. The van der Waals surface area contributed by atoms with E-state index in [-0.39, 0.29) is 11.3 Å². The fourth-order valence-electron chi connectivity index (χ4n) is 1.84. The Bertz CT molecular complexity index is 758. The van der Waals surface area contributed by atoms with Crippen LogP contribution >= 0.6 is 11.6 Å². The van der Waals surface area contributed by atoms with E-state index >= 15 is 0 Å².